The van der Waals surface area contributed by atoms with Gasteiger partial charge in [-0.05, 0) is 54.4 Å². The van der Waals surface area contributed by atoms with Gasteiger partial charge in [-0.1, -0.05) is 23.7 Å². The molecule has 0 radical (unpaired) electrons. The number of rotatable bonds is 6. The molecule has 10 nitrogen and oxygen atoms in total. The van der Waals surface area contributed by atoms with Gasteiger partial charge in [-0.3, -0.25) is 15.6 Å². The number of carbonyl (C=O) groups is 1. The molecule has 2 aromatic carbocycles. The number of aliphatic hydroxyl groups is 1. The number of anilines is 1. The lowest BCUT2D eigenvalue weighted by atomic mass is 10.2. The minimum absolute atomic E-state index is 0.0208. The lowest BCUT2D eigenvalue weighted by molar-refractivity contribution is -0.122. The van der Waals surface area contributed by atoms with Crippen molar-refractivity contribution in [1.29, 1.82) is 0 Å². The Labute approximate surface area is 215 Å². The van der Waals surface area contributed by atoms with Crippen molar-refractivity contribution < 1.29 is 19.4 Å². The lowest BCUT2D eigenvalue weighted by Crippen LogP contribution is -2.32. The van der Waals surface area contributed by atoms with Gasteiger partial charge in [0, 0.05) is 10.8 Å². The van der Waals surface area contributed by atoms with Crippen molar-refractivity contribution in [3.8, 4) is 11.5 Å². The first-order valence-corrected chi connectivity index (χ1v) is 11.3. The molecule has 0 saturated heterocycles. The van der Waals surface area contributed by atoms with Crippen molar-refractivity contribution in [2.75, 3.05) is 19.6 Å². The normalized spacial score (nSPS) is 11.4. The number of ether oxygens (including phenoxy) is 2. The fourth-order valence-electron chi connectivity index (χ4n) is 3.03. The molecule has 0 saturated carbocycles. The SMILES string of the molecule is COc1cccc2c(Cl)nc(Cl)nc12.COc1cccc2c(NNC(=O)CC(C)O)nc(Cl)nc12. The van der Waals surface area contributed by atoms with Crippen molar-refractivity contribution in [1.82, 2.24) is 25.4 Å². The zero-order valence-electron chi connectivity index (χ0n) is 18.8. The summed E-state index contributed by atoms with van der Waals surface area (Å²) < 4.78 is 10.3. The zero-order valence-corrected chi connectivity index (χ0v) is 21.1. The summed E-state index contributed by atoms with van der Waals surface area (Å²) in [5, 5.41) is 11.0. The van der Waals surface area contributed by atoms with Gasteiger partial charge in [0.2, 0.25) is 16.5 Å². The van der Waals surface area contributed by atoms with E-state index in [1.807, 2.05) is 12.1 Å². The Balaban J connectivity index is 0.000000211. The first-order valence-electron chi connectivity index (χ1n) is 10.1. The number of methoxy groups -OCH3 is 2. The highest BCUT2D eigenvalue weighted by atomic mass is 35.5. The largest absolute Gasteiger partial charge is 0.494 e. The van der Waals surface area contributed by atoms with Crippen molar-refractivity contribution in [3.05, 3.63) is 52.1 Å². The molecule has 0 spiro atoms. The van der Waals surface area contributed by atoms with E-state index in [2.05, 4.69) is 30.8 Å². The molecule has 0 aliphatic rings. The summed E-state index contributed by atoms with van der Waals surface area (Å²) in [6.45, 7) is 1.53. The fourth-order valence-corrected chi connectivity index (χ4v) is 3.65. The second-order valence-corrected chi connectivity index (χ2v) is 8.10. The molecule has 1 unspecified atom stereocenters. The highest BCUT2D eigenvalue weighted by molar-refractivity contribution is 6.35. The number of aromatic nitrogens is 4. The first-order chi connectivity index (χ1) is 16.7. The van der Waals surface area contributed by atoms with Crippen molar-refractivity contribution in [2.24, 2.45) is 0 Å². The van der Waals surface area contributed by atoms with Crippen LogP contribution in [0, 0.1) is 0 Å². The van der Waals surface area contributed by atoms with Crippen molar-refractivity contribution in [3.63, 3.8) is 0 Å². The van der Waals surface area contributed by atoms with Crippen LogP contribution in [0.2, 0.25) is 15.7 Å². The molecule has 0 bridgehead atoms. The third-order valence-electron chi connectivity index (χ3n) is 4.52. The second-order valence-electron chi connectivity index (χ2n) is 7.06. The van der Waals surface area contributed by atoms with E-state index in [9.17, 15) is 4.79 Å². The molecule has 2 heterocycles. The Morgan fingerprint density at radius 2 is 1.46 bits per heavy atom. The van der Waals surface area contributed by atoms with E-state index in [0.717, 1.165) is 5.39 Å². The average Bonchev–Trinajstić information content (AvgIpc) is 2.81. The van der Waals surface area contributed by atoms with Gasteiger partial charge in [0.15, 0.2) is 5.82 Å². The number of nitrogens with zero attached hydrogens (tertiary/aromatic N) is 4. The fraction of sp³-hybridized carbons (Fsp3) is 0.227. The molecule has 3 N–H and O–H groups in total. The molecule has 0 aliphatic carbocycles. The number of para-hydroxylation sites is 2. The van der Waals surface area contributed by atoms with Gasteiger partial charge < -0.3 is 14.6 Å². The summed E-state index contributed by atoms with van der Waals surface area (Å²) in [6.07, 6.45) is -0.745. The average molecular weight is 540 g/mol. The van der Waals surface area contributed by atoms with Crippen LogP contribution >= 0.6 is 34.8 Å². The van der Waals surface area contributed by atoms with Gasteiger partial charge in [-0.2, -0.15) is 4.98 Å². The number of aliphatic hydroxyl groups excluding tert-OH is 1. The number of halogens is 3. The highest BCUT2D eigenvalue weighted by Gasteiger charge is 2.12. The van der Waals surface area contributed by atoms with E-state index in [0.29, 0.717) is 38.9 Å². The van der Waals surface area contributed by atoms with Gasteiger partial charge in [-0.15, -0.1) is 0 Å². The third-order valence-corrected chi connectivity index (χ3v) is 5.15. The molecule has 2 aromatic heterocycles. The van der Waals surface area contributed by atoms with E-state index in [1.165, 1.54) is 14.0 Å². The van der Waals surface area contributed by atoms with Crippen LogP contribution in [0.5, 0.6) is 11.5 Å². The molecular weight excluding hydrogens is 519 g/mol. The third kappa shape index (κ3) is 6.70. The predicted octanol–water partition coefficient (Wildman–Crippen LogP) is 4.45. The molecule has 0 fully saturated rings. The summed E-state index contributed by atoms with van der Waals surface area (Å²) in [7, 11) is 3.10. The molecule has 13 heteroatoms. The Hall–Kier alpha value is -3.18. The maximum atomic E-state index is 11.5. The Kier molecular flexibility index (Phi) is 9.05. The number of benzene rings is 2. The van der Waals surface area contributed by atoms with Gasteiger partial charge in [0.05, 0.1) is 26.7 Å². The van der Waals surface area contributed by atoms with Crippen LogP contribution < -0.4 is 20.3 Å². The molecule has 4 aromatic rings. The monoisotopic (exact) mass is 538 g/mol. The first kappa shape index (κ1) is 26.4. The number of hydrazine groups is 1. The molecule has 35 heavy (non-hydrogen) atoms. The Morgan fingerprint density at radius 1 is 0.914 bits per heavy atom. The summed E-state index contributed by atoms with van der Waals surface area (Å²) in [5.41, 5.74) is 6.29. The number of carbonyl (C=O) groups excluding carboxylic acids is 1. The summed E-state index contributed by atoms with van der Waals surface area (Å²) in [6, 6.07) is 10.7. The zero-order chi connectivity index (χ0) is 25.5. The van der Waals surface area contributed by atoms with Gasteiger partial charge in [0.1, 0.15) is 27.7 Å². The molecule has 0 aliphatic heterocycles. The number of hydrogen-bond donors (Lipinski definition) is 3. The quantitative estimate of drug-likeness (QED) is 0.185. The molecule has 184 valence electrons. The van der Waals surface area contributed by atoms with E-state index >= 15 is 0 Å². The van der Waals surface area contributed by atoms with Crippen LogP contribution in [-0.4, -0.2) is 51.3 Å². The van der Waals surface area contributed by atoms with E-state index in [1.54, 1.807) is 31.4 Å². The predicted molar refractivity (Wildman–Crippen MR) is 135 cm³/mol. The van der Waals surface area contributed by atoms with Gasteiger partial charge >= 0.3 is 0 Å². The molecule has 1 atom stereocenters. The summed E-state index contributed by atoms with van der Waals surface area (Å²) >= 11 is 17.5. The van der Waals surface area contributed by atoms with E-state index in [-0.39, 0.29) is 22.9 Å². The highest BCUT2D eigenvalue weighted by Crippen LogP contribution is 2.29. The van der Waals surface area contributed by atoms with Crippen LogP contribution in [0.15, 0.2) is 36.4 Å². The van der Waals surface area contributed by atoms with Crippen LogP contribution in [0.25, 0.3) is 21.8 Å². The topological polar surface area (TPSA) is 131 Å². The van der Waals surface area contributed by atoms with E-state index < -0.39 is 6.10 Å². The molecular formula is C22H21Cl3N6O4. The van der Waals surface area contributed by atoms with Crippen LogP contribution in [0.3, 0.4) is 0 Å². The second kappa shape index (κ2) is 12.0. The molecule has 1 amide bonds. The molecule has 4 rings (SSSR count). The number of nitrogens with one attached hydrogen (secondary N) is 2. The van der Waals surface area contributed by atoms with E-state index in [4.69, 9.17) is 49.4 Å². The van der Waals surface area contributed by atoms with Gasteiger partial charge in [0.25, 0.3) is 0 Å². The Bertz CT molecular complexity index is 1360. The van der Waals surface area contributed by atoms with Gasteiger partial charge in [-0.25, -0.2) is 15.0 Å². The summed E-state index contributed by atoms with van der Waals surface area (Å²) in [5.74, 6) is 1.17. The van der Waals surface area contributed by atoms with Crippen LogP contribution in [-0.2, 0) is 4.79 Å². The van der Waals surface area contributed by atoms with Crippen LogP contribution in [0.4, 0.5) is 5.82 Å². The minimum Gasteiger partial charge on any atom is -0.494 e. The van der Waals surface area contributed by atoms with Crippen LogP contribution in [0.1, 0.15) is 13.3 Å². The maximum Gasteiger partial charge on any atom is 0.240 e. The standard InChI is InChI=1S/C13H15ClN4O3.C9H6Cl2N2O/c1-7(19)6-10(20)17-18-12-8-4-3-5-9(21-2)11(8)15-13(14)16-12;1-14-6-4-2-3-5-7(6)12-9(11)13-8(5)10/h3-5,7,19H,6H2,1-2H3,(H,17,20)(H,15,16,18);2-4H,1H3. The summed E-state index contributed by atoms with van der Waals surface area (Å²) in [4.78, 5) is 27.6. The van der Waals surface area contributed by atoms with Crippen molar-refractivity contribution >= 4 is 68.3 Å². The smallest absolute Gasteiger partial charge is 0.240 e. The van der Waals surface area contributed by atoms with Crippen molar-refractivity contribution in [2.45, 2.75) is 19.4 Å². The number of hydrogen-bond acceptors (Lipinski definition) is 9. The number of amides is 1. The maximum absolute atomic E-state index is 11.5. The minimum atomic E-state index is -0.724. The number of fused-ring (bicyclic) bond motifs is 2. The Morgan fingerprint density at radius 3 is 2.03 bits per heavy atom. The lowest BCUT2D eigenvalue weighted by Gasteiger charge is -2.12.